The van der Waals surface area contributed by atoms with Gasteiger partial charge in [-0.05, 0) is 36.4 Å². The first kappa shape index (κ1) is 27.3. The molecule has 0 spiro atoms. The highest BCUT2D eigenvalue weighted by molar-refractivity contribution is 7.99. The van der Waals surface area contributed by atoms with Crippen LogP contribution in [0.5, 0.6) is 28.7 Å². The summed E-state index contributed by atoms with van der Waals surface area (Å²) in [6.07, 6.45) is 1.34. The van der Waals surface area contributed by atoms with Gasteiger partial charge in [-0.2, -0.15) is 5.10 Å². The second-order valence-corrected chi connectivity index (χ2v) is 8.81. The van der Waals surface area contributed by atoms with Gasteiger partial charge >= 0.3 is 0 Å². The van der Waals surface area contributed by atoms with Gasteiger partial charge in [0.15, 0.2) is 34.0 Å². The molecule has 0 unspecified atom stereocenters. The third-order valence-electron chi connectivity index (χ3n) is 5.55. The Labute approximate surface area is 229 Å². The van der Waals surface area contributed by atoms with E-state index in [1.165, 1.54) is 32.2 Å². The lowest BCUT2D eigenvalue weighted by Crippen LogP contribution is -2.20. The zero-order valence-corrected chi connectivity index (χ0v) is 22.6. The molecule has 12 heteroatoms. The number of nitrogens with zero attached hydrogens (tertiary/aromatic N) is 4. The molecule has 202 valence electrons. The average Bonchev–Trinajstić information content (AvgIpc) is 3.40. The lowest BCUT2D eigenvalue weighted by atomic mass is 10.1. The van der Waals surface area contributed by atoms with Gasteiger partial charge in [0.1, 0.15) is 0 Å². The summed E-state index contributed by atoms with van der Waals surface area (Å²) in [5, 5.41) is 23.4. The van der Waals surface area contributed by atoms with Crippen LogP contribution in [0.15, 0.2) is 70.9 Å². The van der Waals surface area contributed by atoms with E-state index in [0.717, 1.165) is 5.69 Å². The molecule has 0 atom stereocenters. The van der Waals surface area contributed by atoms with Crippen LogP contribution in [0.3, 0.4) is 0 Å². The molecule has 11 nitrogen and oxygen atoms in total. The molecule has 0 aliphatic heterocycles. The molecule has 39 heavy (non-hydrogen) atoms. The predicted molar refractivity (Wildman–Crippen MR) is 148 cm³/mol. The number of rotatable bonds is 11. The minimum absolute atomic E-state index is 0.0155. The maximum absolute atomic E-state index is 12.5. The van der Waals surface area contributed by atoms with Crippen molar-refractivity contribution in [3.63, 3.8) is 0 Å². The summed E-state index contributed by atoms with van der Waals surface area (Å²) in [4.78, 5) is 12.5. The van der Waals surface area contributed by atoms with Gasteiger partial charge in [0, 0.05) is 16.8 Å². The van der Waals surface area contributed by atoms with Gasteiger partial charge in [-0.3, -0.25) is 9.36 Å². The molecule has 4 aromatic rings. The number of hydrogen-bond donors (Lipinski definition) is 2. The third-order valence-corrected chi connectivity index (χ3v) is 6.48. The number of phenolic OH excluding ortho intramolecular Hbond substituents is 1. The quantitative estimate of drug-likeness (QED) is 0.162. The maximum Gasteiger partial charge on any atom is 0.250 e. The van der Waals surface area contributed by atoms with E-state index in [0.29, 0.717) is 45.1 Å². The van der Waals surface area contributed by atoms with Gasteiger partial charge in [0.05, 0.1) is 40.4 Å². The number of carbonyl (C=O) groups is 1. The first-order valence-corrected chi connectivity index (χ1v) is 12.6. The molecule has 2 N–H and O–H groups in total. The van der Waals surface area contributed by atoms with E-state index >= 15 is 0 Å². The standard InChI is InChI=1S/C27H27N5O6S/c1-35-20-12-8-9-17(24(20)34)15-28-29-23(33)16-39-27-31-30-26(32(27)19-10-6-5-7-11-19)18-13-21(36-2)25(38-4)22(14-18)37-3/h5-15,34H,16H2,1-4H3,(H,29,33)/b28-15+. The Bertz CT molecular complexity index is 1450. The Balaban J connectivity index is 1.58. The summed E-state index contributed by atoms with van der Waals surface area (Å²) < 4.78 is 23.4. The van der Waals surface area contributed by atoms with Gasteiger partial charge < -0.3 is 24.1 Å². The highest BCUT2D eigenvalue weighted by Crippen LogP contribution is 2.41. The van der Waals surface area contributed by atoms with Crippen molar-refractivity contribution in [1.82, 2.24) is 20.2 Å². The SMILES string of the molecule is COc1cccc(/C=N/NC(=O)CSc2nnc(-c3cc(OC)c(OC)c(OC)c3)n2-c2ccccc2)c1O. The third kappa shape index (κ3) is 6.07. The number of hydrazone groups is 1. The summed E-state index contributed by atoms with van der Waals surface area (Å²) in [5.74, 6) is 1.83. The molecular weight excluding hydrogens is 522 g/mol. The number of hydrogen-bond acceptors (Lipinski definition) is 10. The Morgan fingerprint density at radius 1 is 0.949 bits per heavy atom. The lowest BCUT2D eigenvalue weighted by molar-refractivity contribution is -0.118. The van der Waals surface area contributed by atoms with Crippen molar-refractivity contribution in [1.29, 1.82) is 0 Å². The molecule has 0 saturated heterocycles. The first-order chi connectivity index (χ1) is 19.0. The monoisotopic (exact) mass is 549 g/mol. The maximum atomic E-state index is 12.5. The molecule has 0 saturated carbocycles. The Hall–Kier alpha value is -4.71. The number of thioether (sulfide) groups is 1. The van der Waals surface area contributed by atoms with Gasteiger partial charge in [-0.15, -0.1) is 10.2 Å². The molecular formula is C27H27N5O6S. The van der Waals surface area contributed by atoms with Crippen molar-refractivity contribution >= 4 is 23.9 Å². The van der Waals surface area contributed by atoms with E-state index < -0.39 is 0 Å². The summed E-state index contributed by atoms with van der Waals surface area (Å²) in [6, 6.07) is 18.1. The Morgan fingerprint density at radius 2 is 1.64 bits per heavy atom. The van der Waals surface area contributed by atoms with E-state index in [4.69, 9.17) is 18.9 Å². The first-order valence-electron chi connectivity index (χ1n) is 11.6. The average molecular weight is 550 g/mol. The second kappa shape index (κ2) is 12.7. The summed E-state index contributed by atoms with van der Waals surface area (Å²) >= 11 is 1.20. The van der Waals surface area contributed by atoms with E-state index in [9.17, 15) is 9.90 Å². The van der Waals surface area contributed by atoms with Crippen LogP contribution in [-0.2, 0) is 4.79 Å². The molecule has 4 rings (SSSR count). The zero-order chi connectivity index (χ0) is 27.8. The number of ether oxygens (including phenoxy) is 4. The normalized spacial score (nSPS) is 10.9. The van der Waals surface area contributed by atoms with Gasteiger partial charge in [-0.1, -0.05) is 36.0 Å². The van der Waals surface area contributed by atoms with Crippen molar-refractivity contribution in [2.75, 3.05) is 34.2 Å². The van der Waals surface area contributed by atoms with E-state index in [1.54, 1.807) is 44.6 Å². The highest BCUT2D eigenvalue weighted by atomic mass is 32.2. The lowest BCUT2D eigenvalue weighted by Gasteiger charge is -2.15. The largest absolute Gasteiger partial charge is 0.504 e. The Kier molecular flexibility index (Phi) is 8.90. The fourth-order valence-corrected chi connectivity index (χ4v) is 4.46. The van der Waals surface area contributed by atoms with Crippen molar-refractivity contribution < 1.29 is 28.8 Å². The van der Waals surface area contributed by atoms with Crippen LogP contribution in [0.1, 0.15) is 5.56 Å². The van der Waals surface area contributed by atoms with Crippen molar-refractivity contribution in [2.24, 2.45) is 5.10 Å². The van der Waals surface area contributed by atoms with Crippen molar-refractivity contribution in [2.45, 2.75) is 5.16 Å². The van der Waals surface area contributed by atoms with Gasteiger partial charge in [0.25, 0.3) is 5.91 Å². The number of nitrogens with one attached hydrogen (secondary N) is 1. The van der Waals surface area contributed by atoms with E-state index in [2.05, 4.69) is 20.7 Å². The highest BCUT2D eigenvalue weighted by Gasteiger charge is 2.21. The number of aromatic hydroxyl groups is 1. The molecule has 0 aliphatic carbocycles. The van der Waals surface area contributed by atoms with Crippen LogP contribution in [0, 0.1) is 0 Å². The smallest absolute Gasteiger partial charge is 0.250 e. The number of carbonyl (C=O) groups excluding carboxylic acids is 1. The number of para-hydroxylation sites is 2. The summed E-state index contributed by atoms with van der Waals surface area (Å²) in [7, 11) is 6.08. The van der Waals surface area contributed by atoms with E-state index in [1.807, 2.05) is 34.9 Å². The number of phenols is 1. The fourth-order valence-electron chi connectivity index (χ4n) is 3.71. The molecule has 0 bridgehead atoms. The number of aromatic nitrogens is 3. The Morgan fingerprint density at radius 3 is 2.28 bits per heavy atom. The van der Waals surface area contributed by atoms with Crippen LogP contribution in [0.2, 0.25) is 0 Å². The molecule has 1 aromatic heterocycles. The second-order valence-electron chi connectivity index (χ2n) is 7.87. The summed E-state index contributed by atoms with van der Waals surface area (Å²) in [5.41, 5.74) is 4.35. The minimum Gasteiger partial charge on any atom is -0.504 e. The molecule has 1 heterocycles. The van der Waals surface area contributed by atoms with Crippen LogP contribution < -0.4 is 24.4 Å². The predicted octanol–water partition coefficient (Wildman–Crippen LogP) is 3.92. The number of methoxy groups -OCH3 is 4. The molecule has 0 fully saturated rings. The fraction of sp³-hybridized carbons (Fsp3) is 0.185. The molecule has 0 radical (unpaired) electrons. The van der Waals surface area contributed by atoms with Crippen LogP contribution in [0.25, 0.3) is 17.1 Å². The van der Waals surface area contributed by atoms with E-state index in [-0.39, 0.29) is 17.4 Å². The van der Waals surface area contributed by atoms with Crippen molar-refractivity contribution in [3.05, 3.63) is 66.2 Å². The zero-order valence-electron chi connectivity index (χ0n) is 21.7. The van der Waals surface area contributed by atoms with Gasteiger partial charge in [0.2, 0.25) is 5.75 Å². The molecule has 3 aromatic carbocycles. The number of amides is 1. The van der Waals surface area contributed by atoms with Gasteiger partial charge in [-0.25, -0.2) is 5.43 Å². The molecule has 1 amide bonds. The number of benzene rings is 3. The summed E-state index contributed by atoms with van der Waals surface area (Å²) in [6.45, 7) is 0. The van der Waals surface area contributed by atoms with Crippen LogP contribution >= 0.6 is 11.8 Å². The topological polar surface area (TPSA) is 129 Å². The van der Waals surface area contributed by atoms with Crippen LogP contribution in [0.4, 0.5) is 0 Å². The van der Waals surface area contributed by atoms with Crippen LogP contribution in [-0.4, -0.2) is 66.2 Å². The molecule has 0 aliphatic rings. The minimum atomic E-state index is -0.365. The van der Waals surface area contributed by atoms with Crippen molar-refractivity contribution in [3.8, 4) is 45.8 Å².